The molecule has 1 atom stereocenters. The van der Waals surface area contributed by atoms with Crippen LogP contribution in [0.3, 0.4) is 0 Å². The number of anilines is 1. The first-order chi connectivity index (χ1) is 10.2. The fourth-order valence-electron chi connectivity index (χ4n) is 2.69. The lowest BCUT2D eigenvalue weighted by molar-refractivity contribution is -0.123. The third-order valence-corrected chi connectivity index (χ3v) is 4.18. The number of nitrogens with one attached hydrogen (secondary N) is 2. The molecule has 0 bridgehead atoms. The molecule has 1 aromatic carbocycles. The lowest BCUT2D eigenvalue weighted by atomic mass is 10.1. The molecule has 1 heterocycles. The Morgan fingerprint density at radius 3 is 2.90 bits per heavy atom. The number of rotatable bonds is 6. The third kappa shape index (κ3) is 3.89. The van der Waals surface area contributed by atoms with Gasteiger partial charge in [0, 0.05) is 30.3 Å². The summed E-state index contributed by atoms with van der Waals surface area (Å²) in [4.78, 5) is 14.1. The zero-order valence-electron chi connectivity index (χ0n) is 12.8. The molecule has 2 rings (SSSR count). The van der Waals surface area contributed by atoms with E-state index in [9.17, 15) is 4.79 Å². The van der Waals surface area contributed by atoms with Crippen molar-refractivity contribution in [3.05, 3.63) is 28.8 Å². The van der Waals surface area contributed by atoms with Gasteiger partial charge in [-0.05, 0) is 37.1 Å². The second-order valence-electron chi connectivity index (χ2n) is 5.36. The van der Waals surface area contributed by atoms with Gasteiger partial charge in [0.1, 0.15) is 6.04 Å². The molecule has 4 nitrogen and oxygen atoms in total. The first kappa shape index (κ1) is 16.1. The Morgan fingerprint density at radius 1 is 1.43 bits per heavy atom. The number of hydrogen-bond donors (Lipinski definition) is 2. The molecule has 1 unspecified atom stereocenters. The summed E-state index contributed by atoms with van der Waals surface area (Å²) in [7, 11) is 0. The normalized spacial score (nSPS) is 18.7. The van der Waals surface area contributed by atoms with E-state index in [1.54, 1.807) is 0 Å². The summed E-state index contributed by atoms with van der Waals surface area (Å²) < 4.78 is 0. The Balaban J connectivity index is 2.13. The van der Waals surface area contributed by atoms with Crippen molar-refractivity contribution in [2.75, 3.05) is 24.5 Å². The summed E-state index contributed by atoms with van der Waals surface area (Å²) in [5, 5.41) is 7.04. The topological polar surface area (TPSA) is 44.4 Å². The second-order valence-corrected chi connectivity index (χ2v) is 5.77. The Kier molecular flexibility index (Phi) is 5.88. The minimum absolute atomic E-state index is 0.0983. The lowest BCUT2D eigenvalue weighted by Crippen LogP contribution is -2.55. The van der Waals surface area contributed by atoms with Gasteiger partial charge in [-0.15, -0.1) is 0 Å². The van der Waals surface area contributed by atoms with E-state index in [1.807, 2.05) is 13.0 Å². The second kappa shape index (κ2) is 7.66. The number of halogens is 1. The number of carbonyl (C=O) groups excluding carboxylic acids is 1. The van der Waals surface area contributed by atoms with E-state index in [-0.39, 0.29) is 11.9 Å². The predicted octanol–water partition coefficient (Wildman–Crippen LogP) is 2.55. The molecule has 1 aliphatic rings. The van der Waals surface area contributed by atoms with Crippen molar-refractivity contribution in [2.24, 2.45) is 0 Å². The van der Waals surface area contributed by atoms with Crippen LogP contribution < -0.4 is 15.5 Å². The minimum atomic E-state index is -0.0983. The zero-order valence-corrected chi connectivity index (χ0v) is 13.5. The van der Waals surface area contributed by atoms with E-state index < -0.39 is 0 Å². The van der Waals surface area contributed by atoms with E-state index in [2.05, 4.69) is 34.6 Å². The van der Waals surface area contributed by atoms with Crippen molar-refractivity contribution in [3.63, 3.8) is 0 Å². The fourth-order valence-corrected chi connectivity index (χ4v) is 2.93. The van der Waals surface area contributed by atoms with Crippen molar-refractivity contribution < 1.29 is 4.79 Å². The maximum atomic E-state index is 11.9. The minimum Gasteiger partial charge on any atom is -0.358 e. The molecule has 1 aromatic rings. The molecule has 1 saturated heterocycles. The SMILES string of the molecule is CCCNCc1ccc(N2CCNC(=O)C2CC)cc1Cl. The summed E-state index contributed by atoms with van der Waals surface area (Å²) in [6.45, 7) is 7.46. The van der Waals surface area contributed by atoms with Crippen LogP contribution in [0.15, 0.2) is 18.2 Å². The van der Waals surface area contributed by atoms with Crippen LogP contribution in [0.4, 0.5) is 5.69 Å². The molecule has 116 valence electrons. The fraction of sp³-hybridized carbons (Fsp3) is 0.562. The molecule has 2 N–H and O–H groups in total. The van der Waals surface area contributed by atoms with Crippen LogP contribution in [0.25, 0.3) is 0 Å². The quantitative estimate of drug-likeness (QED) is 0.794. The van der Waals surface area contributed by atoms with Gasteiger partial charge in [-0.2, -0.15) is 0 Å². The molecule has 0 saturated carbocycles. The van der Waals surface area contributed by atoms with Crippen molar-refractivity contribution in [1.82, 2.24) is 10.6 Å². The smallest absolute Gasteiger partial charge is 0.242 e. The van der Waals surface area contributed by atoms with Crippen LogP contribution in [-0.2, 0) is 11.3 Å². The van der Waals surface area contributed by atoms with Crippen LogP contribution >= 0.6 is 11.6 Å². The van der Waals surface area contributed by atoms with Gasteiger partial charge in [0.05, 0.1) is 0 Å². The molecule has 5 heteroatoms. The Morgan fingerprint density at radius 2 is 2.24 bits per heavy atom. The van der Waals surface area contributed by atoms with Crippen LogP contribution in [0, 0.1) is 0 Å². The molecule has 0 aliphatic carbocycles. The summed E-state index contributed by atoms with van der Waals surface area (Å²) >= 11 is 6.39. The molecular formula is C16H24ClN3O. The summed E-state index contributed by atoms with van der Waals surface area (Å²) in [5.41, 5.74) is 2.13. The van der Waals surface area contributed by atoms with E-state index >= 15 is 0 Å². The molecule has 0 aromatic heterocycles. The molecule has 1 fully saturated rings. The van der Waals surface area contributed by atoms with Crippen molar-refractivity contribution >= 4 is 23.2 Å². The van der Waals surface area contributed by atoms with Gasteiger partial charge in [-0.1, -0.05) is 31.5 Å². The maximum Gasteiger partial charge on any atom is 0.242 e. The number of amides is 1. The standard InChI is InChI=1S/C16H24ClN3O/c1-3-7-18-11-12-5-6-13(10-14(12)17)20-9-8-19-16(21)15(20)4-2/h5-6,10,15,18H,3-4,7-9,11H2,1-2H3,(H,19,21). The predicted molar refractivity (Wildman–Crippen MR) is 87.9 cm³/mol. The van der Waals surface area contributed by atoms with Gasteiger partial charge in [-0.3, -0.25) is 4.79 Å². The van der Waals surface area contributed by atoms with Crippen molar-refractivity contribution in [1.29, 1.82) is 0 Å². The summed E-state index contributed by atoms with van der Waals surface area (Å²) in [6, 6.07) is 6.00. The van der Waals surface area contributed by atoms with Gasteiger partial charge in [0.15, 0.2) is 0 Å². The molecule has 1 amide bonds. The number of carbonyl (C=O) groups is 1. The number of piperazine rings is 1. The largest absolute Gasteiger partial charge is 0.358 e. The first-order valence-electron chi connectivity index (χ1n) is 7.70. The van der Waals surface area contributed by atoms with Crippen LogP contribution in [0.1, 0.15) is 32.3 Å². The highest BCUT2D eigenvalue weighted by molar-refractivity contribution is 6.31. The lowest BCUT2D eigenvalue weighted by Gasteiger charge is -2.36. The van der Waals surface area contributed by atoms with Gasteiger partial charge in [0.2, 0.25) is 5.91 Å². The zero-order chi connectivity index (χ0) is 15.2. The van der Waals surface area contributed by atoms with Gasteiger partial charge in [0.25, 0.3) is 0 Å². The molecule has 0 radical (unpaired) electrons. The number of hydrogen-bond acceptors (Lipinski definition) is 3. The van der Waals surface area contributed by atoms with Gasteiger partial charge < -0.3 is 15.5 Å². The van der Waals surface area contributed by atoms with E-state index in [4.69, 9.17) is 11.6 Å². The Bertz CT molecular complexity index is 492. The molecule has 0 spiro atoms. The highest BCUT2D eigenvalue weighted by Gasteiger charge is 2.28. The third-order valence-electron chi connectivity index (χ3n) is 3.83. The molecule has 21 heavy (non-hydrogen) atoms. The number of benzene rings is 1. The monoisotopic (exact) mass is 309 g/mol. The van der Waals surface area contributed by atoms with E-state index in [0.29, 0.717) is 6.54 Å². The number of nitrogens with zero attached hydrogens (tertiary/aromatic N) is 1. The molecule has 1 aliphatic heterocycles. The summed E-state index contributed by atoms with van der Waals surface area (Å²) in [6.07, 6.45) is 1.90. The van der Waals surface area contributed by atoms with Gasteiger partial charge >= 0.3 is 0 Å². The van der Waals surface area contributed by atoms with Crippen LogP contribution in [0.2, 0.25) is 5.02 Å². The van der Waals surface area contributed by atoms with Crippen LogP contribution in [-0.4, -0.2) is 31.6 Å². The summed E-state index contributed by atoms with van der Waals surface area (Å²) in [5.74, 6) is 0.105. The van der Waals surface area contributed by atoms with E-state index in [0.717, 1.165) is 48.7 Å². The highest BCUT2D eigenvalue weighted by atomic mass is 35.5. The van der Waals surface area contributed by atoms with Crippen LogP contribution in [0.5, 0.6) is 0 Å². The van der Waals surface area contributed by atoms with Crippen molar-refractivity contribution in [2.45, 2.75) is 39.3 Å². The van der Waals surface area contributed by atoms with Gasteiger partial charge in [-0.25, -0.2) is 0 Å². The van der Waals surface area contributed by atoms with Crippen molar-refractivity contribution in [3.8, 4) is 0 Å². The highest BCUT2D eigenvalue weighted by Crippen LogP contribution is 2.26. The Labute approximate surface area is 131 Å². The average molecular weight is 310 g/mol. The van der Waals surface area contributed by atoms with E-state index in [1.165, 1.54) is 0 Å². The average Bonchev–Trinajstić information content (AvgIpc) is 2.49. The molecular weight excluding hydrogens is 286 g/mol. The first-order valence-corrected chi connectivity index (χ1v) is 8.08. The Hall–Kier alpha value is -1.26. The maximum absolute atomic E-state index is 11.9.